The van der Waals surface area contributed by atoms with E-state index in [0.29, 0.717) is 5.56 Å². The molecule has 0 fully saturated rings. The van der Waals surface area contributed by atoms with Gasteiger partial charge in [0.2, 0.25) is 0 Å². The summed E-state index contributed by atoms with van der Waals surface area (Å²) >= 11 is 0. The van der Waals surface area contributed by atoms with E-state index in [9.17, 15) is 4.39 Å². The van der Waals surface area contributed by atoms with Crippen molar-refractivity contribution in [3.05, 3.63) is 23.6 Å². The average molecular weight is 155 g/mol. The van der Waals surface area contributed by atoms with Crippen LogP contribution in [0.4, 0.5) is 4.39 Å². The molecule has 0 aliphatic rings. The van der Waals surface area contributed by atoms with E-state index in [4.69, 9.17) is 10.0 Å². The van der Waals surface area contributed by atoms with E-state index in [-0.39, 0.29) is 5.59 Å². The van der Waals surface area contributed by atoms with Crippen LogP contribution in [0, 0.1) is 12.7 Å². The Morgan fingerprint density at radius 2 is 2.18 bits per heavy atom. The SMILES string of the molecule is Cc1cnc(B(O)O)c(F)c1. The second kappa shape index (κ2) is 2.98. The highest BCUT2D eigenvalue weighted by Crippen LogP contribution is 1.96. The van der Waals surface area contributed by atoms with Crippen LogP contribution in [0.25, 0.3) is 0 Å². The molecule has 0 aliphatic carbocycles. The van der Waals surface area contributed by atoms with Crippen molar-refractivity contribution in [2.24, 2.45) is 0 Å². The van der Waals surface area contributed by atoms with Crippen LogP contribution in [0.5, 0.6) is 0 Å². The van der Waals surface area contributed by atoms with Crippen molar-refractivity contribution in [3.63, 3.8) is 0 Å². The Kier molecular flexibility index (Phi) is 2.21. The Bertz CT molecular complexity index is 267. The first-order valence-corrected chi connectivity index (χ1v) is 3.09. The van der Waals surface area contributed by atoms with E-state index < -0.39 is 12.9 Å². The lowest BCUT2D eigenvalue weighted by atomic mass is 9.85. The number of pyridine rings is 1. The fraction of sp³-hybridized carbons (Fsp3) is 0.167. The molecule has 0 aromatic carbocycles. The summed E-state index contributed by atoms with van der Waals surface area (Å²) in [5, 5.41) is 17.1. The number of hydrogen-bond acceptors (Lipinski definition) is 3. The zero-order chi connectivity index (χ0) is 8.43. The third-order valence-electron chi connectivity index (χ3n) is 1.25. The monoisotopic (exact) mass is 155 g/mol. The molecule has 11 heavy (non-hydrogen) atoms. The molecule has 0 aliphatic heterocycles. The molecule has 0 saturated carbocycles. The molecule has 1 aromatic rings. The molecule has 0 radical (unpaired) electrons. The standard InChI is InChI=1S/C6H7BFNO2/c1-4-2-5(8)6(7(10)11)9-3-4/h2-3,10-11H,1H3. The highest BCUT2D eigenvalue weighted by molar-refractivity contribution is 6.57. The molecule has 1 rings (SSSR count). The van der Waals surface area contributed by atoms with Gasteiger partial charge in [0.05, 0.1) is 0 Å². The maximum Gasteiger partial charge on any atom is 0.511 e. The summed E-state index contributed by atoms with van der Waals surface area (Å²) in [6, 6.07) is 1.20. The van der Waals surface area contributed by atoms with Crippen molar-refractivity contribution < 1.29 is 14.4 Å². The normalized spacial score (nSPS) is 9.82. The largest absolute Gasteiger partial charge is 0.511 e. The predicted molar refractivity (Wildman–Crippen MR) is 38.8 cm³/mol. The summed E-state index contributed by atoms with van der Waals surface area (Å²) in [5.41, 5.74) is 0.308. The Balaban J connectivity index is 3.09. The van der Waals surface area contributed by atoms with E-state index in [0.717, 1.165) is 0 Å². The first kappa shape index (κ1) is 8.16. The lowest BCUT2D eigenvalue weighted by molar-refractivity contribution is 0.421. The molecule has 0 atom stereocenters. The average Bonchev–Trinajstić information content (AvgIpc) is 1.85. The van der Waals surface area contributed by atoms with Crippen molar-refractivity contribution in [2.75, 3.05) is 0 Å². The van der Waals surface area contributed by atoms with E-state index in [1.165, 1.54) is 12.3 Å². The van der Waals surface area contributed by atoms with Crippen molar-refractivity contribution >= 4 is 12.7 Å². The molecular formula is C6H7BFNO2. The number of rotatable bonds is 1. The highest BCUT2D eigenvalue weighted by atomic mass is 19.1. The zero-order valence-electron chi connectivity index (χ0n) is 5.95. The topological polar surface area (TPSA) is 53.4 Å². The van der Waals surface area contributed by atoms with Gasteiger partial charge in [-0.2, -0.15) is 0 Å². The number of aryl methyl sites for hydroxylation is 1. The summed E-state index contributed by atoms with van der Waals surface area (Å²) in [6.07, 6.45) is 1.37. The van der Waals surface area contributed by atoms with Gasteiger partial charge >= 0.3 is 7.12 Å². The minimum atomic E-state index is -1.84. The molecule has 3 nitrogen and oxygen atoms in total. The van der Waals surface area contributed by atoms with Gasteiger partial charge in [-0.05, 0) is 18.6 Å². The van der Waals surface area contributed by atoms with Crippen LogP contribution in [0.2, 0.25) is 0 Å². The van der Waals surface area contributed by atoms with Crippen molar-refractivity contribution in [2.45, 2.75) is 6.92 Å². The van der Waals surface area contributed by atoms with E-state index >= 15 is 0 Å². The number of halogens is 1. The molecule has 1 heterocycles. The molecule has 58 valence electrons. The maximum absolute atomic E-state index is 12.7. The van der Waals surface area contributed by atoms with Gasteiger partial charge in [-0.25, -0.2) is 4.39 Å². The fourth-order valence-corrected chi connectivity index (χ4v) is 0.734. The van der Waals surface area contributed by atoms with Crippen LogP contribution in [0.3, 0.4) is 0 Å². The first-order chi connectivity index (χ1) is 5.11. The molecule has 0 bridgehead atoms. The Morgan fingerprint density at radius 3 is 2.64 bits per heavy atom. The molecular weight excluding hydrogens is 148 g/mol. The summed E-state index contributed by atoms with van der Waals surface area (Å²) < 4.78 is 12.7. The van der Waals surface area contributed by atoms with Gasteiger partial charge in [-0.3, -0.25) is 4.98 Å². The maximum atomic E-state index is 12.7. The van der Waals surface area contributed by atoms with Crippen LogP contribution >= 0.6 is 0 Å². The lowest BCUT2D eigenvalue weighted by Crippen LogP contribution is -2.35. The minimum Gasteiger partial charge on any atom is -0.422 e. The van der Waals surface area contributed by atoms with E-state index in [2.05, 4.69) is 4.98 Å². The van der Waals surface area contributed by atoms with Crippen LogP contribution in [-0.4, -0.2) is 22.2 Å². The van der Waals surface area contributed by atoms with Crippen LogP contribution in [-0.2, 0) is 0 Å². The second-order valence-electron chi connectivity index (χ2n) is 2.25. The van der Waals surface area contributed by atoms with E-state index in [1.807, 2.05) is 0 Å². The van der Waals surface area contributed by atoms with Crippen LogP contribution in [0.15, 0.2) is 12.3 Å². The molecule has 0 saturated heterocycles. The van der Waals surface area contributed by atoms with Gasteiger partial charge < -0.3 is 10.0 Å². The van der Waals surface area contributed by atoms with Crippen molar-refractivity contribution in [3.8, 4) is 0 Å². The Labute approximate surface area is 63.7 Å². The second-order valence-corrected chi connectivity index (χ2v) is 2.25. The molecule has 5 heteroatoms. The Morgan fingerprint density at radius 1 is 1.55 bits per heavy atom. The van der Waals surface area contributed by atoms with Crippen molar-refractivity contribution in [1.29, 1.82) is 0 Å². The van der Waals surface area contributed by atoms with Crippen LogP contribution < -0.4 is 5.59 Å². The summed E-state index contributed by atoms with van der Waals surface area (Å²) in [4.78, 5) is 3.50. The molecule has 0 spiro atoms. The van der Waals surface area contributed by atoms with Gasteiger partial charge in [-0.1, -0.05) is 0 Å². The van der Waals surface area contributed by atoms with Gasteiger partial charge in [-0.15, -0.1) is 0 Å². The third kappa shape index (κ3) is 1.75. The summed E-state index contributed by atoms with van der Waals surface area (Å²) in [5.74, 6) is -0.694. The Hall–Kier alpha value is -0.935. The lowest BCUT2D eigenvalue weighted by Gasteiger charge is -1.99. The third-order valence-corrected chi connectivity index (χ3v) is 1.25. The van der Waals surface area contributed by atoms with Gasteiger partial charge in [0.25, 0.3) is 0 Å². The summed E-state index contributed by atoms with van der Waals surface area (Å²) in [7, 11) is -1.84. The molecule has 1 aromatic heterocycles. The molecule has 2 N–H and O–H groups in total. The van der Waals surface area contributed by atoms with Gasteiger partial charge in [0, 0.05) is 6.20 Å². The molecule has 0 unspecified atom stereocenters. The zero-order valence-corrected chi connectivity index (χ0v) is 5.95. The highest BCUT2D eigenvalue weighted by Gasteiger charge is 2.17. The van der Waals surface area contributed by atoms with Crippen LogP contribution in [0.1, 0.15) is 5.56 Å². The number of nitrogens with zero attached hydrogens (tertiary/aromatic N) is 1. The smallest absolute Gasteiger partial charge is 0.422 e. The summed E-state index contributed by atoms with van der Waals surface area (Å²) in [6.45, 7) is 1.67. The number of hydrogen-bond donors (Lipinski definition) is 2. The number of aromatic nitrogens is 1. The first-order valence-electron chi connectivity index (χ1n) is 3.09. The van der Waals surface area contributed by atoms with Gasteiger partial charge in [0.15, 0.2) is 0 Å². The van der Waals surface area contributed by atoms with Crippen molar-refractivity contribution in [1.82, 2.24) is 4.98 Å². The van der Waals surface area contributed by atoms with E-state index in [1.54, 1.807) is 6.92 Å². The quantitative estimate of drug-likeness (QED) is 0.522. The predicted octanol–water partition coefficient (Wildman–Crippen LogP) is -0.791. The fourth-order valence-electron chi connectivity index (χ4n) is 0.734. The van der Waals surface area contributed by atoms with Gasteiger partial charge in [0.1, 0.15) is 11.4 Å². The molecule has 0 amide bonds. The minimum absolute atomic E-state index is 0.337.